The Hall–Kier alpha value is -2.49. The van der Waals surface area contributed by atoms with Gasteiger partial charge in [-0.2, -0.15) is 10.2 Å². The minimum absolute atomic E-state index is 0.00124. The Morgan fingerprint density at radius 2 is 1.53 bits per heavy atom. The molecule has 0 saturated heterocycles. The molecule has 0 radical (unpaired) electrons. The van der Waals surface area contributed by atoms with Gasteiger partial charge >= 0.3 is 0 Å². The summed E-state index contributed by atoms with van der Waals surface area (Å²) in [6.07, 6.45) is 0.468. The van der Waals surface area contributed by atoms with E-state index in [1.54, 1.807) is 0 Å². The van der Waals surface area contributed by atoms with E-state index >= 15 is 0 Å². The van der Waals surface area contributed by atoms with Gasteiger partial charge in [-0.05, 0) is 36.4 Å². The van der Waals surface area contributed by atoms with Crippen molar-refractivity contribution in [3.8, 4) is 0 Å². The molecule has 1 N–H and O–H groups in total. The lowest BCUT2D eigenvalue weighted by Gasteiger charge is -2.02. The number of rotatable bonds is 4. The van der Waals surface area contributed by atoms with E-state index in [1.165, 1.54) is 0 Å². The molecule has 0 heterocycles. The Kier molecular flexibility index (Phi) is 4.39. The van der Waals surface area contributed by atoms with Gasteiger partial charge in [0.1, 0.15) is 0 Å². The van der Waals surface area contributed by atoms with Crippen LogP contribution in [0.3, 0.4) is 0 Å². The second-order valence-electron chi connectivity index (χ2n) is 3.98. The Morgan fingerprint density at radius 3 is 2.11 bits per heavy atom. The molecule has 0 aliphatic heterocycles. The second kappa shape index (κ2) is 6.44. The molecule has 0 spiro atoms. The number of nitrogens with one attached hydrogen (secondary N) is 1. The smallest absolute Gasteiger partial charge is 0.224 e. The summed E-state index contributed by atoms with van der Waals surface area (Å²) in [4.78, 5) is 11.2. The van der Waals surface area contributed by atoms with Crippen molar-refractivity contribution in [2.75, 3.05) is 5.32 Å². The predicted octanol–water partition coefficient (Wildman–Crippen LogP) is 4.45. The third-order valence-corrected chi connectivity index (χ3v) is 2.51. The molecule has 0 aliphatic rings. The van der Waals surface area contributed by atoms with Gasteiger partial charge in [0.05, 0.1) is 11.4 Å². The number of hydrogen-bond acceptors (Lipinski definition) is 3. The average Bonchev–Trinajstić information content (AvgIpc) is 2.47. The number of azo groups is 1. The van der Waals surface area contributed by atoms with Gasteiger partial charge in [-0.15, -0.1) is 0 Å². The molecule has 0 unspecified atom stereocenters. The van der Waals surface area contributed by atoms with E-state index in [0.717, 1.165) is 17.1 Å². The molecule has 0 atom stereocenters. The molecule has 4 nitrogen and oxygen atoms in total. The summed E-state index contributed by atoms with van der Waals surface area (Å²) in [7, 11) is 0. The largest absolute Gasteiger partial charge is 0.326 e. The van der Waals surface area contributed by atoms with Gasteiger partial charge in [-0.1, -0.05) is 25.1 Å². The summed E-state index contributed by atoms with van der Waals surface area (Å²) >= 11 is 0. The third kappa shape index (κ3) is 4.03. The normalized spacial score (nSPS) is 10.6. The summed E-state index contributed by atoms with van der Waals surface area (Å²) in [6, 6.07) is 16.8. The maximum absolute atomic E-state index is 11.2. The number of amides is 1. The zero-order chi connectivity index (χ0) is 13.5. The van der Waals surface area contributed by atoms with Gasteiger partial charge in [0.25, 0.3) is 0 Å². The van der Waals surface area contributed by atoms with Gasteiger partial charge in [-0.3, -0.25) is 4.79 Å². The summed E-state index contributed by atoms with van der Waals surface area (Å²) in [5.41, 5.74) is 2.33. The van der Waals surface area contributed by atoms with Gasteiger partial charge in [0.15, 0.2) is 0 Å². The van der Waals surface area contributed by atoms with E-state index in [4.69, 9.17) is 0 Å². The molecule has 2 aromatic carbocycles. The van der Waals surface area contributed by atoms with Crippen molar-refractivity contribution in [1.29, 1.82) is 0 Å². The summed E-state index contributed by atoms with van der Waals surface area (Å²) in [6.45, 7) is 1.82. The SMILES string of the molecule is CCC(=O)Nc1ccc(N=Nc2ccccc2)cc1. The Labute approximate surface area is 112 Å². The molecule has 0 fully saturated rings. The van der Waals surface area contributed by atoms with Crippen LogP contribution in [0.15, 0.2) is 64.8 Å². The molecular formula is C15H15N3O. The van der Waals surface area contributed by atoms with Gasteiger partial charge in [0.2, 0.25) is 5.91 Å². The number of hydrogen-bond donors (Lipinski definition) is 1. The van der Waals surface area contributed by atoms with Gasteiger partial charge in [-0.25, -0.2) is 0 Å². The summed E-state index contributed by atoms with van der Waals surface area (Å²) in [5.74, 6) is -0.00124. The highest BCUT2D eigenvalue weighted by molar-refractivity contribution is 5.90. The highest BCUT2D eigenvalue weighted by Gasteiger charge is 1.98. The number of carbonyl (C=O) groups excluding carboxylic acids is 1. The van der Waals surface area contributed by atoms with Crippen LogP contribution in [0.2, 0.25) is 0 Å². The fourth-order valence-corrected chi connectivity index (χ4v) is 1.47. The first-order valence-electron chi connectivity index (χ1n) is 6.14. The van der Waals surface area contributed by atoms with Crippen LogP contribution in [-0.2, 0) is 4.79 Å². The molecule has 0 aliphatic carbocycles. The standard InChI is InChI=1S/C15H15N3O/c1-2-15(19)16-12-8-10-14(11-9-12)18-17-13-6-4-3-5-7-13/h3-11H,2H2,1H3,(H,16,19). The first-order chi connectivity index (χ1) is 9.28. The summed E-state index contributed by atoms with van der Waals surface area (Å²) < 4.78 is 0. The molecular weight excluding hydrogens is 238 g/mol. The van der Waals surface area contributed by atoms with Crippen LogP contribution in [0.1, 0.15) is 13.3 Å². The monoisotopic (exact) mass is 253 g/mol. The van der Waals surface area contributed by atoms with Crippen LogP contribution in [0.4, 0.5) is 17.1 Å². The van der Waals surface area contributed by atoms with E-state index in [9.17, 15) is 4.79 Å². The molecule has 0 saturated carbocycles. The Bertz CT molecular complexity index is 562. The van der Waals surface area contributed by atoms with E-state index in [2.05, 4.69) is 15.5 Å². The number of benzene rings is 2. The molecule has 96 valence electrons. The summed E-state index contributed by atoms with van der Waals surface area (Å²) in [5, 5.41) is 11.0. The van der Waals surface area contributed by atoms with Crippen molar-refractivity contribution < 1.29 is 4.79 Å². The van der Waals surface area contributed by atoms with Crippen LogP contribution < -0.4 is 5.32 Å². The molecule has 19 heavy (non-hydrogen) atoms. The highest BCUT2D eigenvalue weighted by Crippen LogP contribution is 2.19. The number of anilines is 1. The minimum atomic E-state index is -0.00124. The van der Waals surface area contributed by atoms with Crippen molar-refractivity contribution in [3.05, 3.63) is 54.6 Å². The predicted molar refractivity (Wildman–Crippen MR) is 76.0 cm³/mol. The first kappa shape index (κ1) is 13.0. The molecule has 0 bridgehead atoms. The van der Waals surface area contributed by atoms with E-state index < -0.39 is 0 Å². The lowest BCUT2D eigenvalue weighted by Crippen LogP contribution is -2.08. The maximum atomic E-state index is 11.2. The zero-order valence-corrected chi connectivity index (χ0v) is 10.7. The fraction of sp³-hybridized carbons (Fsp3) is 0.133. The molecule has 2 rings (SSSR count). The van der Waals surface area contributed by atoms with Gasteiger partial charge in [0, 0.05) is 12.1 Å². The molecule has 1 amide bonds. The average molecular weight is 253 g/mol. The van der Waals surface area contributed by atoms with E-state index in [0.29, 0.717) is 6.42 Å². The molecule has 2 aromatic rings. The first-order valence-corrected chi connectivity index (χ1v) is 6.14. The van der Waals surface area contributed by atoms with Crippen molar-refractivity contribution >= 4 is 23.0 Å². The van der Waals surface area contributed by atoms with Crippen molar-refractivity contribution in [2.45, 2.75) is 13.3 Å². The van der Waals surface area contributed by atoms with Crippen LogP contribution in [0.5, 0.6) is 0 Å². The molecule has 4 heteroatoms. The molecule has 0 aromatic heterocycles. The zero-order valence-electron chi connectivity index (χ0n) is 10.7. The topological polar surface area (TPSA) is 53.8 Å². The van der Waals surface area contributed by atoms with Crippen LogP contribution in [0.25, 0.3) is 0 Å². The quantitative estimate of drug-likeness (QED) is 0.804. The second-order valence-corrected chi connectivity index (χ2v) is 3.98. The van der Waals surface area contributed by atoms with Crippen LogP contribution in [-0.4, -0.2) is 5.91 Å². The lowest BCUT2D eigenvalue weighted by atomic mass is 10.3. The van der Waals surface area contributed by atoms with Crippen LogP contribution in [0, 0.1) is 0 Å². The fourth-order valence-electron chi connectivity index (χ4n) is 1.47. The number of carbonyl (C=O) groups is 1. The number of nitrogens with zero attached hydrogens (tertiary/aromatic N) is 2. The van der Waals surface area contributed by atoms with E-state index in [1.807, 2.05) is 61.5 Å². The lowest BCUT2D eigenvalue weighted by molar-refractivity contribution is -0.115. The highest BCUT2D eigenvalue weighted by atomic mass is 16.1. The Morgan fingerprint density at radius 1 is 0.947 bits per heavy atom. The van der Waals surface area contributed by atoms with Crippen LogP contribution >= 0.6 is 0 Å². The van der Waals surface area contributed by atoms with Gasteiger partial charge < -0.3 is 5.32 Å². The maximum Gasteiger partial charge on any atom is 0.224 e. The Balaban J connectivity index is 2.03. The van der Waals surface area contributed by atoms with E-state index in [-0.39, 0.29) is 5.91 Å². The van der Waals surface area contributed by atoms with Crippen molar-refractivity contribution in [1.82, 2.24) is 0 Å². The van der Waals surface area contributed by atoms with Crippen molar-refractivity contribution in [2.24, 2.45) is 10.2 Å². The van der Waals surface area contributed by atoms with Crippen molar-refractivity contribution in [3.63, 3.8) is 0 Å². The minimum Gasteiger partial charge on any atom is -0.326 e. The third-order valence-electron chi connectivity index (χ3n) is 2.51.